The van der Waals surface area contributed by atoms with Crippen LogP contribution in [-0.4, -0.2) is 72.8 Å². The minimum Gasteiger partial charge on any atom is -0.467 e. The monoisotopic (exact) mass is 406 g/mol. The number of anilines is 1. The molecule has 0 aliphatic carbocycles. The third kappa shape index (κ3) is 5.55. The number of aliphatic hydroxyl groups is 1. The van der Waals surface area contributed by atoms with Crippen molar-refractivity contribution in [1.29, 1.82) is 0 Å². The third-order valence-corrected chi connectivity index (χ3v) is 5.00. The highest BCUT2D eigenvalue weighted by Crippen LogP contribution is 2.34. The Kier molecular flexibility index (Phi) is 8.16. The topological polar surface area (TPSA) is 96.4 Å². The van der Waals surface area contributed by atoms with E-state index in [4.69, 9.17) is 9.47 Å². The predicted molar refractivity (Wildman–Crippen MR) is 107 cm³/mol. The Morgan fingerprint density at radius 1 is 1.28 bits per heavy atom. The third-order valence-electron chi connectivity index (χ3n) is 5.00. The number of likely N-dealkylation sites (tertiary alicyclic amines) is 1. The number of carbonyl (C=O) groups excluding carboxylic acids is 3. The molecular weight excluding hydrogens is 376 g/mol. The second kappa shape index (κ2) is 10.4. The molecule has 2 unspecified atom stereocenters. The second-order valence-electron chi connectivity index (χ2n) is 7.25. The average molecular weight is 406 g/mol. The van der Waals surface area contributed by atoms with Gasteiger partial charge in [0.05, 0.1) is 19.6 Å². The fourth-order valence-electron chi connectivity index (χ4n) is 3.59. The van der Waals surface area contributed by atoms with E-state index in [1.807, 2.05) is 23.1 Å². The number of benzene rings is 1. The molecule has 0 radical (unpaired) electrons. The largest absolute Gasteiger partial charge is 0.467 e. The number of hydrogen-bond acceptors (Lipinski definition) is 7. The van der Waals surface area contributed by atoms with Gasteiger partial charge in [0.25, 0.3) is 0 Å². The summed E-state index contributed by atoms with van der Waals surface area (Å²) in [6.07, 6.45) is 0.0801. The Labute approximate surface area is 171 Å². The Hall–Kier alpha value is -2.45. The molecule has 2 atom stereocenters. The van der Waals surface area contributed by atoms with Gasteiger partial charge < -0.3 is 14.6 Å². The summed E-state index contributed by atoms with van der Waals surface area (Å²) in [4.78, 5) is 41.1. The van der Waals surface area contributed by atoms with Crippen LogP contribution in [0, 0.1) is 0 Å². The van der Waals surface area contributed by atoms with Gasteiger partial charge in [-0.15, -0.1) is 0 Å². The van der Waals surface area contributed by atoms with Crippen molar-refractivity contribution in [1.82, 2.24) is 4.90 Å². The number of para-hydroxylation sites is 1. The summed E-state index contributed by atoms with van der Waals surface area (Å²) in [7, 11) is 1.32. The summed E-state index contributed by atoms with van der Waals surface area (Å²) >= 11 is 0. The average Bonchev–Trinajstić information content (AvgIpc) is 3.15. The van der Waals surface area contributed by atoms with E-state index in [1.165, 1.54) is 7.11 Å². The van der Waals surface area contributed by atoms with Crippen molar-refractivity contribution >= 4 is 23.5 Å². The lowest BCUT2D eigenvalue weighted by molar-refractivity contribution is -0.148. The van der Waals surface area contributed by atoms with Gasteiger partial charge in [-0.1, -0.05) is 25.1 Å². The quantitative estimate of drug-likeness (QED) is 0.619. The van der Waals surface area contributed by atoms with Crippen LogP contribution < -0.4 is 4.90 Å². The van der Waals surface area contributed by atoms with E-state index >= 15 is 0 Å². The van der Waals surface area contributed by atoms with Crippen LogP contribution in [0.4, 0.5) is 5.69 Å². The number of methoxy groups -OCH3 is 1. The lowest BCUT2D eigenvalue weighted by Gasteiger charge is -2.39. The molecular formula is C21H30N2O6. The number of rotatable bonds is 9. The molecule has 8 heteroatoms. The Morgan fingerprint density at radius 2 is 1.97 bits per heavy atom. The Bertz CT molecular complexity index is 708. The normalized spacial score (nSPS) is 20.1. The smallest absolute Gasteiger partial charge is 0.333 e. The molecule has 0 bridgehead atoms. The summed E-state index contributed by atoms with van der Waals surface area (Å²) < 4.78 is 10.1. The first-order valence-corrected chi connectivity index (χ1v) is 9.86. The molecule has 1 saturated heterocycles. The van der Waals surface area contributed by atoms with Crippen molar-refractivity contribution in [2.45, 2.75) is 44.8 Å². The molecule has 160 valence electrons. The number of aliphatic hydroxyl groups excluding tert-OH is 1. The summed E-state index contributed by atoms with van der Waals surface area (Å²) in [5.74, 6) is -1.05. The summed E-state index contributed by atoms with van der Waals surface area (Å²) in [5.41, 5.74) is -0.505. The second-order valence-corrected chi connectivity index (χ2v) is 7.25. The molecule has 0 spiro atoms. The van der Waals surface area contributed by atoms with E-state index < -0.39 is 23.6 Å². The molecule has 1 aromatic carbocycles. The highest BCUT2D eigenvalue weighted by Gasteiger charge is 2.52. The number of nitrogens with zero attached hydrogens (tertiary/aromatic N) is 2. The SMILES string of the molecule is CCC(=O)N(c1ccccc1)C1(C(=O)OC)CCN(CCC(=O)OCC(C)O)C1. The van der Waals surface area contributed by atoms with Crippen LogP contribution >= 0.6 is 0 Å². The summed E-state index contributed by atoms with van der Waals surface area (Å²) in [6, 6.07) is 9.09. The number of esters is 2. The maximum atomic E-state index is 12.9. The standard InChI is InChI=1S/C21H30N2O6/c1-4-18(25)23(17-8-6-5-7-9-17)21(20(27)28-3)11-13-22(15-21)12-10-19(26)29-14-16(2)24/h5-9,16,24H,4,10-15H2,1-3H3. The summed E-state index contributed by atoms with van der Waals surface area (Å²) in [6.45, 7) is 4.46. The molecule has 1 aliphatic heterocycles. The van der Waals surface area contributed by atoms with Gasteiger partial charge in [0, 0.05) is 31.7 Å². The Morgan fingerprint density at radius 3 is 2.55 bits per heavy atom. The molecule has 29 heavy (non-hydrogen) atoms. The lowest BCUT2D eigenvalue weighted by atomic mass is 9.94. The van der Waals surface area contributed by atoms with Crippen molar-refractivity contribution in [2.75, 3.05) is 38.3 Å². The number of carbonyl (C=O) groups is 3. The van der Waals surface area contributed by atoms with Crippen molar-refractivity contribution in [3.05, 3.63) is 30.3 Å². The highest BCUT2D eigenvalue weighted by molar-refractivity contribution is 6.02. The van der Waals surface area contributed by atoms with Crippen LogP contribution in [0.3, 0.4) is 0 Å². The van der Waals surface area contributed by atoms with Gasteiger partial charge >= 0.3 is 11.9 Å². The van der Waals surface area contributed by atoms with Crippen molar-refractivity contribution in [2.24, 2.45) is 0 Å². The zero-order valence-corrected chi connectivity index (χ0v) is 17.3. The molecule has 1 N–H and O–H groups in total. The maximum absolute atomic E-state index is 12.9. The van der Waals surface area contributed by atoms with Gasteiger partial charge in [-0.2, -0.15) is 0 Å². The fourth-order valence-corrected chi connectivity index (χ4v) is 3.59. The molecule has 2 rings (SSSR count). The molecule has 1 heterocycles. The van der Waals surface area contributed by atoms with Crippen LogP contribution in [0.25, 0.3) is 0 Å². The van der Waals surface area contributed by atoms with Crippen molar-refractivity contribution in [3.8, 4) is 0 Å². The van der Waals surface area contributed by atoms with E-state index in [0.29, 0.717) is 25.2 Å². The highest BCUT2D eigenvalue weighted by atomic mass is 16.5. The van der Waals surface area contributed by atoms with E-state index in [-0.39, 0.29) is 31.9 Å². The van der Waals surface area contributed by atoms with Gasteiger partial charge in [-0.05, 0) is 25.5 Å². The first-order chi connectivity index (χ1) is 13.8. The van der Waals surface area contributed by atoms with E-state index in [2.05, 4.69) is 0 Å². The summed E-state index contributed by atoms with van der Waals surface area (Å²) in [5, 5.41) is 9.21. The Balaban J connectivity index is 2.19. The number of ether oxygens (including phenoxy) is 2. The van der Waals surface area contributed by atoms with Crippen LogP contribution in [0.2, 0.25) is 0 Å². The number of hydrogen-bond donors (Lipinski definition) is 1. The van der Waals surface area contributed by atoms with Crippen LogP contribution in [0.1, 0.15) is 33.1 Å². The van der Waals surface area contributed by atoms with Crippen LogP contribution in [0.15, 0.2) is 30.3 Å². The zero-order valence-electron chi connectivity index (χ0n) is 17.3. The lowest BCUT2D eigenvalue weighted by Crippen LogP contribution is -2.59. The van der Waals surface area contributed by atoms with Crippen molar-refractivity contribution < 1.29 is 29.0 Å². The van der Waals surface area contributed by atoms with Crippen molar-refractivity contribution in [3.63, 3.8) is 0 Å². The molecule has 1 amide bonds. The maximum Gasteiger partial charge on any atom is 0.333 e. The van der Waals surface area contributed by atoms with Crippen LogP contribution in [0.5, 0.6) is 0 Å². The fraction of sp³-hybridized carbons (Fsp3) is 0.571. The van der Waals surface area contributed by atoms with Gasteiger partial charge in [0.2, 0.25) is 5.91 Å². The van der Waals surface area contributed by atoms with E-state index in [1.54, 1.807) is 30.9 Å². The molecule has 0 saturated carbocycles. The predicted octanol–water partition coefficient (Wildman–Crippen LogP) is 1.36. The molecule has 1 aromatic rings. The van der Waals surface area contributed by atoms with Gasteiger partial charge in [-0.25, -0.2) is 4.79 Å². The molecule has 0 aromatic heterocycles. The first-order valence-electron chi connectivity index (χ1n) is 9.86. The first kappa shape index (κ1) is 22.8. The van der Waals surface area contributed by atoms with Gasteiger partial charge in [0.15, 0.2) is 5.54 Å². The number of amides is 1. The van der Waals surface area contributed by atoms with E-state index in [9.17, 15) is 19.5 Å². The minimum absolute atomic E-state index is 0.0439. The minimum atomic E-state index is -1.15. The molecule has 1 fully saturated rings. The zero-order chi connectivity index (χ0) is 21.4. The van der Waals surface area contributed by atoms with Gasteiger partial charge in [-0.3, -0.25) is 19.4 Å². The molecule has 1 aliphatic rings. The van der Waals surface area contributed by atoms with E-state index in [0.717, 1.165) is 0 Å². The van der Waals surface area contributed by atoms with Crippen LogP contribution in [-0.2, 0) is 23.9 Å². The van der Waals surface area contributed by atoms with Gasteiger partial charge in [0.1, 0.15) is 6.61 Å². The molecule has 8 nitrogen and oxygen atoms in total.